The first-order valence-electron chi connectivity index (χ1n) is 5.59. The van der Waals surface area contributed by atoms with Crippen LogP contribution in [0.4, 0.5) is 9.93 Å². The third-order valence-electron chi connectivity index (χ3n) is 2.56. The predicted molar refractivity (Wildman–Crippen MR) is 65.9 cm³/mol. The van der Waals surface area contributed by atoms with E-state index in [-0.39, 0.29) is 12.1 Å². The second kappa shape index (κ2) is 4.41. The van der Waals surface area contributed by atoms with E-state index in [1.807, 2.05) is 31.1 Å². The Bertz CT molecular complexity index is 382. The molecule has 0 unspecified atom stereocenters. The summed E-state index contributed by atoms with van der Waals surface area (Å²) in [6.07, 6.45) is 2.25. The molecule has 1 N–H and O–H groups in total. The molecule has 0 spiro atoms. The maximum absolute atomic E-state index is 12.0. The number of aromatic nitrogens is 1. The molecule has 2 rings (SSSR count). The summed E-state index contributed by atoms with van der Waals surface area (Å²) < 4.78 is 0. The zero-order valence-corrected chi connectivity index (χ0v) is 10.7. The molecule has 0 atom stereocenters. The number of carbonyl (C=O) groups is 1. The number of nitrogens with one attached hydrogen (secondary N) is 1. The molecule has 4 nitrogen and oxygen atoms in total. The standard InChI is InChI=1S/C11H17N3OS/c1-7(2)14(9-4-5-9)11(15)13-10-12-8(3)6-16-10/h6-7,9H,4-5H2,1-3H3,(H,12,13,15). The van der Waals surface area contributed by atoms with Crippen LogP contribution in [0.1, 0.15) is 32.4 Å². The number of anilines is 1. The van der Waals surface area contributed by atoms with E-state index in [4.69, 9.17) is 0 Å². The van der Waals surface area contributed by atoms with Crippen LogP contribution in [0.3, 0.4) is 0 Å². The molecule has 1 fully saturated rings. The Hall–Kier alpha value is -1.10. The zero-order valence-electron chi connectivity index (χ0n) is 9.86. The molecule has 0 bridgehead atoms. The van der Waals surface area contributed by atoms with Gasteiger partial charge in [0.2, 0.25) is 0 Å². The fourth-order valence-corrected chi connectivity index (χ4v) is 2.42. The Morgan fingerprint density at radius 3 is 2.75 bits per heavy atom. The summed E-state index contributed by atoms with van der Waals surface area (Å²) in [5.41, 5.74) is 0.947. The fraction of sp³-hybridized carbons (Fsp3) is 0.636. The van der Waals surface area contributed by atoms with Crippen molar-refractivity contribution in [1.29, 1.82) is 0 Å². The summed E-state index contributed by atoms with van der Waals surface area (Å²) in [6.45, 7) is 6.02. The van der Waals surface area contributed by atoms with Crippen molar-refractivity contribution in [3.05, 3.63) is 11.1 Å². The van der Waals surface area contributed by atoms with Crippen molar-refractivity contribution < 1.29 is 4.79 Å². The highest BCUT2D eigenvalue weighted by atomic mass is 32.1. The van der Waals surface area contributed by atoms with Crippen LogP contribution in [0.15, 0.2) is 5.38 Å². The fourth-order valence-electron chi connectivity index (χ4n) is 1.74. The molecule has 88 valence electrons. The first kappa shape index (κ1) is 11.4. The van der Waals surface area contributed by atoms with Crippen LogP contribution in [0.25, 0.3) is 0 Å². The minimum Gasteiger partial charge on any atom is -0.319 e. The summed E-state index contributed by atoms with van der Waals surface area (Å²) in [4.78, 5) is 18.2. The number of thiazole rings is 1. The molecule has 1 aromatic rings. The summed E-state index contributed by atoms with van der Waals surface area (Å²) >= 11 is 1.47. The number of carbonyl (C=O) groups excluding carboxylic acids is 1. The smallest absolute Gasteiger partial charge is 0.319 e. The van der Waals surface area contributed by atoms with Crippen LogP contribution in [-0.2, 0) is 0 Å². The minimum absolute atomic E-state index is 0.0214. The van der Waals surface area contributed by atoms with E-state index < -0.39 is 0 Å². The number of amides is 2. The topological polar surface area (TPSA) is 45.2 Å². The highest BCUT2D eigenvalue weighted by Crippen LogP contribution is 2.29. The molecule has 1 saturated carbocycles. The van der Waals surface area contributed by atoms with Crippen LogP contribution < -0.4 is 5.32 Å². The number of urea groups is 1. The lowest BCUT2D eigenvalue weighted by molar-refractivity contribution is 0.193. The molecule has 1 aromatic heterocycles. The predicted octanol–water partition coefficient (Wildman–Crippen LogP) is 2.86. The van der Waals surface area contributed by atoms with E-state index in [1.165, 1.54) is 11.3 Å². The Labute approximate surface area is 99.7 Å². The minimum atomic E-state index is -0.0214. The Balaban J connectivity index is 2.00. The van der Waals surface area contributed by atoms with Crippen molar-refractivity contribution in [2.45, 2.75) is 45.7 Å². The lowest BCUT2D eigenvalue weighted by atomic mass is 10.3. The van der Waals surface area contributed by atoms with Gasteiger partial charge in [-0.3, -0.25) is 5.32 Å². The summed E-state index contributed by atoms with van der Waals surface area (Å²) in [7, 11) is 0. The maximum Gasteiger partial charge on any atom is 0.324 e. The van der Waals surface area contributed by atoms with E-state index in [0.29, 0.717) is 11.2 Å². The van der Waals surface area contributed by atoms with E-state index in [0.717, 1.165) is 18.5 Å². The van der Waals surface area contributed by atoms with Gasteiger partial charge in [0.05, 0.1) is 5.69 Å². The van der Waals surface area contributed by atoms with Gasteiger partial charge in [-0.25, -0.2) is 9.78 Å². The largest absolute Gasteiger partial charge is 0.324 e. The third kappa shape index (κ3) is 2.52. The van der Waals surface area contributed by atoms with Gasteiger partial charge in [-0.05, 0) is 33.6 Å². The molecule has 1 aliphatic rings. The quantitative estimate of drug-likeness (QED) is 0.881. The first-order chi connectivity index (χ1) is 7.58. The monoisotopic (exact) mass is 239 g/mol. The number of hydrogen-bond donors (Lipinski definition) is 1. The molecule has 2 amide bonds. The summed E-state index contributed by atoms with van der Waals surface area (Å²) in [6, 6.07) is 0.654. The first-order valence-corrected chi connectivity index (χ1v) is 6.47. The molecule has 0 aliphatic heterocycles. The summed E-state index contributed by atoms with van der Waals surface area (Å²) in [5, 5.41) is 5.49. The van der Waals surface area contributed by atoms with Gasteiger partial charge in [0.15, 0.2) is 5.13 Å². The van der Waals surface area contributed by atoms with Gasteiger partial charge in [0.1, 0.15) is 0 Å². The normalized spacial score (nSPS) is 15.2. The van der Waals surface area contributed by atoms with Crippen LogP contribution >= 0.6 is 11.3 Å². The highest BCUT2D eigenvalue weighted by molar-refractivity contribution is 7.13. The Kier molecular flexibility index (Phi) is 3.14. The molecule has 5 heteroatoms. The maximum atomic E-state index is 12.0. The van der Waals surface area contributed by atoms with Gasteiger partial charge in [-0.15, -0.1) is 11.3 Å². The van der Waals surface area contributed by atoms with Crippen molar-refractivity contribution in [2.75, 3.05) is 5.32 Å². The van der Waals surface area contributed by atoms with E-state index in [9.17, 15) is 4.79 Å². The zero-order chi connectivity index (χ0) is 11.7. The number of hydrogen-bond acceptors (Lipinski definition) is 3. The van der Waals surface area contributed by atoms with E-state index >= 15 is 0 Å². The second-order valence-electron chi connectivity index (χ2n) is 4.46. The number of rotatable bonds is 3. The van der Waals surface area contributed by atoms with Crippen LogP contribution in [0, 0.1) is 6.92 Å². The van der Waals surface area contributed by atoms with E-state index in [1.54, 1.807) is 0 Å². The molecule has 1 aliphatic carbocycles. The van der Waals surface area contributed by atoms with Crippen LogP contribution in [-0.4, -0.2) is 28.0 Å². The number of aryl methyl sites for hydroxylation is 1. The molecular weight excluding hydrogens is 222 g/mol. The Morgan fingerprint density at radius 1 is 1.62 bits per heavy atom. The van der Waals surface area contributed by atoms with Crippen LogP contribution in [0.2, 0.25) is 0 Å². The van der Waals surface area contributed by atoms with E-state index in [2.05, 4.69) is 10.3 Å². The van der Waals surface area contributed by atoms with Crippen molar-refractivity contribution in [3.8, 4) is 0 Å². The molecule has 0 saturated heterocycles. The average molecular weight is 239 g/mol. The van der Waals surface area contributed by atoms with Gasteiger partial charge in [-0.1, -0.05) is 0 Å². The Morgan fingerprint density at radius 2 is 2.31 bits per heavy atom. The summed E-state index contributed by atoms with van der Waals surface area (Å²) in [5.74, 6) is 0. The average Bonchev–Trinajstić information content (AvgIpc) is 2.91. The van der Waals surface area contributed by atoms with Gasteiger partial charge < -0.3 is 4.90 Å². The van der Waals surface area contributed by atoms with Crippen molar-refractivity contribution in [3.63, 3.8) is 0 Å². The second-order valence-corrected chi connectivity index (χ2v) is 5.31. The SMILES string of the molecule is Cc1csc(NC(=O)N(C(C)C)C2CC2)n1. The van der Waals surface area contributed by atoms with Crippen LogP contribution in [0.5, 0.6) is 0 Å². The molecule has 16 heavy (non-hydrogen) atoms. The van der Waals surface area contributed by atoms with Crippen molar-refractivity contribution >= 4 is 22.5 Å². The molecule has 0 radical (unpaired) electrons. The van der Waals surface area contributed by atoms with Crippen molar-refractivity contribution in [1.82, 2.24) is 9.88 Å². The lowest BCUT2D eigenvalue weighted by Gasteiger charge is -2.26. The lowest BCUT2D eigenvalue weighted by Crippen LogP contribution is -2.41. The highest BCUT2D eigenvalue weighted by Gasteiger charge is 2.34. The van der Waals surface area contributed by atoms with Gasteiger partial charge in [0.25, 0.3) is 0 Å². The van der Waals surface area contributed by atoms with Crippen molar-refractivity contribution in [2.24, 2.45) is 0 Å². The molecular formula is C11H17N3OS. The third-order valence-corrected chi connectivity index (χ3v) is 3.44. The van der Waals surface area contributed by atoms with Gasteiger partial charge in [-0.2, -0.15) is 0 Å². The van der Waals surface area contributed by atoms with Gasteiger partial charge in [0, 0.05) is 17.5 Å². The molecule has 1 heterocycles. The number of nitrogens with zero attached hydrogens (tertiary/aromatic N) is 2. The molecule has 0 aromatic carbocycles. The van der Waals surface area contributed by atoms with Gasteiger partial charge >= 0.3 is 6.03 Å².